The first-order valence-corrected chi connectivity index (χ1v) is 11.6. The fourth-order valence-corrected chi connectivity index (χ4v) is 3.84. The molecule has 0 unspecified atom stereocenters. The zero-order valence-electron chi connectivity index (χ0n) is 19.6. The van der Waals surface area contributed by atoms with Crippen molar-refractivity contribution in [1.82, 2.24) is 19.6 Å². The van der Waals surface area contributed by atoms with Crippen LogP contribution in [0.15, 0.2) is 66.4 Å². The molecule has 2 heterocycles. The van der Waals surface area contributed by atoms with Crippen molar-refractivity contribution in [2.45, 2.75) is 13.3 Å². The number of nitrogens with zero attached hydrogens (tertiary/aromatic N) is 5. The average Bonchev–Trinajstić information content (AvgIpc) is 3.31. The molecule has 0 atom stereocenters. The summed E-state index contributed by atoms with van der Waals surface area (Å²) in [6.07, 6.45) is 4.46. The van der Waals surface area contributed by atoms with Crippen LogP contribution in [0.3, 0.4) is 0 Å². The lowest BCUT2D eigenvalue weighted by Crippen LogP contribution is -2.47. The fraction of sp³-hybridized carbons (Fsp3) is 0.296. The Labute approximate surface area is 200 Å². The zero-order chi connectivity index (χ0) is 23.9. The van der Waals surface area contributed by atoms with Crippen LogP contribution in [-0.4, -0.2) is 65.3 Å². The molecule has 1 aliphatic heterocycles. The van der Waals surface area contributed by atoms with E-state index in [0.717, 1.165) is 36.5 Å². The van der Waals surface area contributed by atoms with Crippen LogP contribution in [-0.2, 0) is 4.79 Å². The van der Waals surface area contributed by atoms with Gasteiger partial charge in [0.2, 0.25) is 0 Å². The topological polar surface area (TPSA) is 74.4 Å². The van der Waals surface area contributed by atoms with Crippen molar-refractivity contribution in [2.75, 3.05) is 39.8 Å². The average molecular weight is 456 g/mol. The van der Waals surface area contributed by atoms with Gasteiger partial charge in [-0.2, -0.15) is 10.4 Å². The number of amides is 1. The molecule has 0 N–H and O–H groups in total. The first-order valence-electron chi connectivity index (χ1n) is 11.6. The Balaban J connectivity index is 1.70. The van der Waals surface area contributed by atoms with Gasteiger partial charge in [-0.25, -0.2) is 4.68 Å². The second-order valence-corrected chi connectivity index (χ2v) is 8.35. The summed E-state index contributed by atoms with van der Waals surface area (Å²) in [6.45, 7) is 5.56. The molecule has 1 fully saturated rings. The van der Waals surface area contributed by atoms with E-state index in [9.17, 15) is 10.1 Å². The maximum Gasteiger partial charge on any atom is 0.264 e. The summed E-state index contributed by atoms with van der Waals surface area (Å²) in [5.41, 5.74) is 3.31. The molecular weight excluding hydrogens is 426 g/mol. The van der Waals surface area contributed by atoms with Crippen molar-refractivity contribution >= 4 is 12.0 Å². The highest BCUT2D eigenvalue weighted by Gasteiger charge is 2.23. The number of hydrogen-bond acceptors (Lipinski definition) is 5. The van der Waals surface area contributed by atoms with Crippen molar-refractivity contribution in [3.05, 3.63) is 71.9 Å². The minimum absolute atomic E-state index is 0.112. The van der Waals surface area contributed by atoms with E-state index in [-0.39, 0.29) is 11.5 Å². The molecule has 2 aromatic carbocycles. The standard InChI is InChI=1S/C27H29N5O2/c1-3-17-34-25-11-9-21(10-12-25)26-23(20-32(29-26)24-7-5-4-6-8-24)18-22(19-28)27(33)31-15-13-30(2)14-16-31/h4-12,18,20H,3,13-17H2,1-2H3/b22-18-. The summed E-state index contributed by atoms with van der Waals surface area (Å²) in [5.74, 6) is 0.561. The third-order valence-corrected chi connectivity index (χ3v) is 5.81. The van der Waals surface area contributed by atoms with Crippen LogP contribution < -0.4 is 4.74 Å². The van der Waals surface area contributed by atoms with Gasteiger partial charge in [-0.05, 0) is 55.9 Å². The number of likely N-dealkylation sites (N-methyl/N-ethyl adjacent to an activating group) is 1. The smallest absolute Gasteiger partial charge is 0.264 e. The summed E-state index contributed by atoms with van der Waals surface area (Å²) >= 11 is 0. The van der Waals surface area contributed by atoms with Gasteiger partial charge < -0.3 is 14.5 Å². The maximum atomic E-state index is 13.1. The van der Waals surface area contributed by atoms with E-state index < -0.39 is 0 Å². The van der Waals surface area contributed by atoms with Crippen LogP contribution in [0.2, 0.25) is 0 Å². The molecule has 1 aliphatic rings. The Hall–Kier alpha value is -3.89. The van der Waals surface area contributed by atoms with Gasteiger partial charge in [-0.3, -0.25) is 4.79 Å². The van der Waals surface area contributed by atoms with Crippen LogP contribution in [0.1, 0.15) is 18.9 Å². The van der Waals surface area contributed by atoms with Crippen molar-refractivity contribution in [3.8, 4) is 28.8 Å². The largest absolute Gasteiger partial charge is 0.494 e. The van der Waals surface area contributed by atoms with E-state index in [1.54, 1.807) is 15.7 Å². The number of ether oxygens (including phenoxy) is 1. The monoisotopic (exact) mass is 455 g/mol. The third kappa shape index (κ3) is 5.36. The Bertz CT molecular complexity index is 1180. The first kappa shape index (κ1) is 23.3. The summed E-state index contributed by atoms with van der Waals surface area (Å²) in [7, 11) is 2.03. The number of para-hydroxylation sites is 1. The van der Waals surface area contributed by atoms with Crippen LogP contribution in [0.4, 0.5) is 0 Å². The lowest BCUT2D eigenvalue weighted by Gasteiger charge is -2.32. The van der Waals surface area contributed by atoms with Gasteiger partial charge in [0.1, 0.15) is 17.4 Å². The molecule has 7 heteroatoms. The Morgan fingerprint density at radius 1 is 1.09 bits per heavy atom. The molecule has 1 amide bonds. The SMILES string of the molecule is CCCOc1ccc(-c2nn(-c3ccccc3)cc2/C=C(/C#N)C(=O)N2CCN(C)CC2)cc1. The second kappa shape index (κ2) is 10.8. The Morgan fingerprint density at radius 2 is 1.79 bits per heavy atom. The van der Waals surface area contributed by atoms with Gasteiger partial charge >= 0.3 is 0 Å². The third-order valence-electron chi connectivity index (χ3n) is 5.81. The number of aromatic nitrogens is 2. The van der Waals surface area contributed by atoms with Crippen LogP contribution in [0.25, 0.3) is 23.0 Å². The Morgan fingerprint density at radius 3 is 2.44 bits per heavy atom. The van der Waals surface area contributed by atoms with Gasteiger partial charge in [0, 0.05) is 43.5 Å². The van der Waals surface area contributed by atoms with E-state index >= 15 is 0 Å². The highest BCUT2D eigenvalue weighted by molar-refractivity contribution is 6.02. The highest BCUT2D eigenvalue weighted by atomic mass is 16.5. The second-order valence-electron chi connectivity index (χ2n) is 8.35. The van der Waals surface area contributed by atoms with E-state index in [2.05, 4.69) is 17.9 Å². The normalized spacial score (nSPS) is 14.6. The number of carbonyl (C=O) groups excluding carboxylic acids is 1. The van der Waals surface area contributed by atoms with E-state index in [1.807, 2.05) is 67.8 Å². The van der Waals surface area contributed by atoms with Crippen molar-refractivity contribution in [3.63, 3.8) is 0 Å². The molecule has 7 nitrogen and oxygen atoms in total. The van der Waals surface area contributed by atoms with Crippen LogP contribution in [0.5, 0.6) is 5.75 Å². The van der Waals surface area contributed by atoms with Gasteiger partial charge in [0.25, 0.3) is 5.91 Å². The van der Waals surface area contributed by atoms with Gasteiger partial charge in [0.05, 0.1) is 18.0 Å². The first-order chi connectivity index (χ1) is 16.6. The van der Waals surface area contributed by atoms with Gasteiger partial charge in [-0.1, -0.05) is 25.1 Å². The molecule has 0 aliphatic carbocycles. The molecule has 34 heavy (non-hydrogen) atoms. The molecule has 1 saturated heterocycles. The van der Waals surface area contributed by atoms with Gasteiger partial charge in [-0.15, -0.1) is 0 Å². The molecular formula is C27H29N5O2. The number of nitriles is 1. The highest BCUT2D eigenvalue weighted by Crippen LogP contribution is 2.28. The lowest BCUT2D eigenvalue weighted by atomic mass is 10.1. The molecule has 0 spiro atoms. The molecule has 1 aromatic heterocycles. The van der Waals surface area contributed by atoms with E-state index in [4.69, 9.17) is 9.84 Å². The molecule has 0 bridgehead atoms. The quantitative estimate of drug-likeness (QED) is 0.398. The number of piperazine rings is 1. The van der Waals surface area contributed by atoms with Crippen LogP contribution in [0, 0.1) is 11.3 Å². The molecule has 3 aromatic rings. The number of carbonyl (C=O) groups is 1. The predicted octanol–water partition coefficient (Wildman–Crippen LogP) is 4.01. The summed E-state index contributed by atoms with van der Waals surface area (Å²) in [6, 6.07) is 19.6. The predicted molar refractivity (Wildman–Crippen MR) is 132 cm³/mol. The fourth-order valence-electron chi connectivity index (χ4n) is 3.84. The summed E-state index contributed by atoms with van der Waals surface area (Å²) in [5, 5.41) is 14.6. The van der Waals surface area contributed by atoms with Crippen molar-refractivity contribution in [1.29, 1.82) is 5.26 Å². The number of hydrogen-bond donors (Lipinski definition) is 0. The maximum absolute atomic E-state index is 13.1. The molecule has 174 valence electrons. The van der Waals surface area contributed by atoms with Gasteiger partial charge in [0.15, 0.2) is 0 Å². The Kier molecular flexibility index (Phi) is 7.41. The summed E-state index contributed by atoms with van der Waals surface area (Å²) in [4.78, 5) is 17.0. The molecule has 4 rings (SSSR count). The summed E-state index contributed by atoms with van der Waals surface area (Å²) < 4.78 is 7.48. The lowest BCUT2D eigenvalue weighted by molar-refractivity contribution is -0.128. The zero-order valence-corrected chi connectivity index (χ0v) is 19.6. The number of rotatable bonds is 7. The van der Waals surface area contributed by atoms with Crippen molar-refractivity contribution < 1.29 is 9.53 Å². The molecule has 0 saturated carbocycles. The number of benzene rings is 2. The van der Waals surface area contributed by atoms with E-state index in [0.29, 0.717) is 31.0 Å². The van der Waals surface area contributed by atoms with Crippen LogP contribution >= 0.6 is 0 Å². The molecule has 0 radical (unpaired) electrons. The minimum Gasteiger partial charge on any atom is -0.494 e. The minimum atomic E-state index is -0.239. The van der Waals surface area contributed by atoms with Crippen molar-refractivity contribution in [2.24, 2.45) is 0 Å². The van der Waals surface area contributed by atoms with E-state index in [1.165, 1.54) is 0 Å².